The van der Waals surface area contributed by atoms with Crippen LogP contribution in [0, 0.1) is 11.8 Å². The number of likely N-dealkylation sites (N-methyl/N-ethyl adjacent to an activating group) is 1. The van der Waals surface area contributed by atoms with E-state index in [0.717, 1.165) is 35.5 Å². The molecule has 0 aliphatic carbocycles. The molecule has 1 aromatic carbocycles. The molecule has 1 saturated heterocycles. The molecule has 4 N–H and O–H groups in total. The number of rotatable bonds is 1. The van der Waals surface area contributed by atoms with Crippen molar-refractivity contribution in [1.29, 1.82) is 0 Å². The summed E-state index contributed by atoms with van der Waals surface area (Å²) >= 11 is 0. The van der Waals surface area contributed by atoms with Crippen molar-refractivity contribution in [1.82, 2.24) is 14.9 Å². The van der Waals surface area contributed by atoms with Crippen LogP contribution in [-0.2, 0) is 13.0 Å². The Bertz CT molecular complexity index is 922. The van der Waals surface area contributed by atoms with Crippen LogP contribution >= 0.6 is 0 Å². The average molecular weight is 365 g/mol. The molecule has 3 heterocycles. The van der Waals surface area contributed by atoms with Gasteiger partial charge >= 0.3 is 0 Å². The molecule has 7 heteroatoms. The highest BCUT2D eigenvalue weighted by molar-refractivity contribution is 5.56. The first-order valence-electron chi connectivity index (χ1n) is 9.03. The van der Waals surface area contributed by atoms with Crippen LogP contribution in [0.2, 0.25) is 0 Å². The maximum atomic E-state index is 10.5. The molecular weight excluding hydrogens is 342 g/mol. The van der Waals surface area contributed by atoms with Crippen molar-refractivity contribution >= 4 is 11.5 Å². The minimum atomic E-state index is -1.39. The summed E-state index contributed by atoms with van der Waals surface area (Å²) in [7, 11) is 1.77. The average Bonchev–Trinajstić information content (AvgIpc) is 2.95. The van der Waals surface area contributed by atoms with E-state index in [4.69, 9.17) is 5.73 Å². The molecule has 0 amide bonds. The molecule has 27 heavy (non-hydrogen) atoms. The molecular formula is C20H23N5O2. The van der Waals surface area contributed by atoms with Gasteiger partial charge in [0.1, 0.15) is 18.4 Å². The molecule has 1 aromatic heterocycles. The smallest absolute Gasteiger partial charge is 0.166 e. The molecule has 0 radical (unpaired) electrons. The van der Waals surface area contributed by atoms with Gasteiger partial charge in [0.15, 0.2) is 5.60 Å². The van der Waals surface area contributed by atoms with Crippen molar-refractivity contribution in [2.45, 2.75) is 31.2 Å². The number of nitrogen functional groups attached to an aromatic ring is 1. The lowest BCUT2D eigenvalue weighted by Gasteiger charge is -2.30. The van der Waals surface area contributed by atoms with Gasteiger partial charge in [-0.15, -0.1) is 0 Å². The van der Waals surface area contributed by atoms with Gasteiger partial charge in [-0.1, -0.05) is 17.9 Å². The predicted octanol–water partition coefficient (Wildman–Crippen LogP) is 0.358. The van der Waals surface area contributed by atoms with Crippen LogP contribution in [0.3, 0.4) is 0 Å². The van der Waals surface area contributed by atoms with Crippen molar-refractivity contribution in [2.24, 2.45) is 0 Å². The van der Waals surface area contributed by atoms with Gasteiger partial charge in [-0.2, -0.15) is 0 Å². The fourth-order valence-corrected chi connectivity index (χ4v) is 3.63. The van der Waals surface area contributed by atoms with E-state index in [1.165, 1.54) is 6.33 Å². The molecule has 0 bridgehead atoms. The van der Waals surface area contributed by atoms with E-state index in [-0.39, 0.29) is 0 Å². The first-order valence-corrected chi connectivity index (χ1v) is 9.03. The molecule has 2 aliphatic heterocycles. The largest absolute Gasteiger partial charge is 0.383 e. The van der Waals surface area contributed by atoms with Gasteiger partial charge < -0.3 is 20.8 Å². The standard InChI is InChI=1S/C20H23N5O2/c1-24-10-8-20(27,19(24)26)7-5-14-3-2-4-15(11-14)25-9-6-17-16(12-25)18(21)23-13-22-17/h2-4,11,13,19,26-27H,6,8-10,12H2,1H3,(H2,21,22,23)/t19?,20-/m0/s1. The Morgan fingerprint density at radius 2 is 2.15 bits per heavy atom. The second kappa shape index (κ2) is 6.82. The second-order valence-corrected chi connectivity index (χ2v) is 7.18. The fourth-order valence-electron chi connectivity index (χ4n) is 3.63. The number of nitrogens with zero attached hydrogens (tertiary/aromatic N) is 4. The number of aliphatic hydroxyl groups is 2. The van der Waals surface area contributed by atoms with Crippen LogP contribution in [-0.4, -0.2) is 57.0 Å². The van der Waals surface area contributed by atoms with Crippen molar-refractivity contribution in [3.8, 4) is 11.8 Å². The number of hydrogen-bond donors (Lipinski definition) is 3. The van der Waals surface area contributed by atoms with E-state index in [9.17, 15) is 10.2 Å². The lowest BCUT2D eigenvalue weighted by atomic mass is 10.0. The highest BCUT2D eigenvalue weighted by Crippen LogP contribution is 2.27. The highest BCUT2D eigenvalue weighted by Gasteiger charge is 2.42. The Balaban J connectivity index is 1.56. The Morgan fingerprint density at radius 1 is 1.30 bits per heavy atom. The van der Waals surface area contributed by atoms with Crippen LogP contribution in [0.1, 0.15) is 23.2 Å². The molecule has 7 nitrogen and oxygen atoms in total. The van der Waals surface area contributed by atoms with E-state index >= 15 is 0 Å². The number of aliphatic hydroxyl groups excluding tert-OH is 1. The second-order valence-electron chi connectivity index (χ2n) is 7.18. The van der Waals surface area contributed by atoms with Crippen molar-refractivity contribution in [2.75, 3.05) is 30.8 Å². The van der Waals surface area contributed by atoms with Gasteiger partial charge in [0.25, 0.3) is 0 Å². The van der Waals surface area contributed by atoms with Gasteiger partial charge in [0, 0.05) is 49.3 Å². The van der Waals surface area contributed by atoms with E-state index in [1.54, 1.807) is 11.9 Å². The Labute approximate surface area is 158 Å². The molecule has 2 aromatic rings. The number of nitrogens with two attached hydrogens (primary N) is 1. The van der Waals surface area contributed by atoms with Gasteiger partial charge in [-0.3, -0.25) is 4.90 Å². The summed E-state index contributed by atoms with van der Waals surface area (Å²) in [5.74, 6) is 6.42. The van der Waals surface area contributed by atoms with Gasteiger partial charge in [-0.25, -0.2) is 9.97 Å². The molecule has 2 aliphatic rings. The number of fused-ring (bicyclic) bond motifs is 1. The molecule has 0 saturated carbocycles. The first-order chi connectivity index (χ1) is 13.0. The Kier molecular flexibility index (Phi) is 4.48. The van der Waals surface area contributed by atoms with Crippen LogP contribution in [0.15, 0.2) is 30.6 Å². The minimum absolute atomic E-state index is 0.430. The van der Waals surface area contributed by atoms with E-state index in [0.29, 0.717) is 25.3 Å². The molecule has 140 valence electrons. The van der Waals surface area contributed by atoms with Crippen LogP contribution in [0.4, 0.5) is 11.5 Å². The number of anilines is 2. The van der Waals surface area contributed by atoms with Crippen LogP contribution in [0.25, 0.3) is 0 Å². The number of likely N-dealkylation sites (tertiary alicyclic amines) is 1. The van der Waals surface area contributed by atoms with E-state index < -0.39 is 11.8 Å². The summed E-state index contributed by atoms with van der Waals surface area (Å²) in [6.07, 6.45) is 1.80. The number of hydrogen-bond acceptors (Lipinski definition) is 7. The Hall–Kier alpha value is -2.66. The molecule has 2 atom stereocenters. The third-order valence-electron chi connectivity index (χ3n) is 5.36. The Morgan fingerprint density at radius 3 is 2.93 bits per heavy atom. The topological polar surface area (TPSA) is 98.7 Å². The zero-order valence-electron chi connectivity index (χ0n) is 15.3. The molecule has 1 unspecified atom stereocenters. The number of benzene rings is 1. The normalized spacial score (nSPS) is 25.0. The molecule has 1 fully saturated rings. The summed E-state index contributed by atoms with van der Waals surface area (Å²) in [4.78, 5) is 12.3. The minimum Gasteiger partial charge on any atom is -0.383 e. The summed E-state index contributed by atoms with van der Waals surface area (Å²) in [5, 5.41) is 20.7. The summed E-state index contributed by atoms with van der Waals surface area (Å²) in [6.45, 7) is 2.11. The summed E-state index contributed by atoms with van der Waals surface area (Å²) in [5.41, 5.74) is 8.44. The van der Waals surface area contributed by atoms with Gasteiger partial charge in [0.2, 0.25) is 0 Å². The molecule has 0 spiro atoms. The zero-order valence-corrected chi connectivity index (χ0v) is 15.3. The monoisotopic (exact) mass is 365 g/mol. The fraction of sp³-hybridized carbons (Fsp3) is 0.400. The van der Waals surface area contributed by atoms with Crippen molar-refractivity contribution in [3.05, 3.63) is 47.4 Å². The summed E-state index contributed by atoms with van der Waals surface area (Å²) < 4.78 is 0. The lowest BCUT2D eigenvalue weighted by molar-refractivity contribution is -0.0633. The van der Waals surface area contributed by atoms with Crippen molar-refractivity contribution < 1.29 is 10.2 Å². The quantitative estimate of drug-likeness (QED) is 0.628. The highest BCUT2D eigenvalue weighted by atomic mass is 16.4. The first kappa shape index (κ1) is 17.7. The number of aromatic nitrogens is 2. The zero-order chi connectivity index (χ0) is 19.0. The van der Waals surface area contributed by atoms with Gasteiger partial charge in [-0.05, 0) is 25.2 Å². The SMILES string of the molecule is CN1CC[C@@](O)(C#Cc2cccc(N3CCc4ncnc(N)c4C3)c2)C1O. The van der Waals surface area contributed by atoms with E-state index in [1.807, 2.05) is 24.3 Å². The maximum Gasteiger partial charge on any atom is 0.166 e. The summed E-state index contributed by atoms with van der Waals surface area (Å²) in [6, 6.07) is 7.87. The van der Waals surface area contributed by atoms with Crippen molar-refractivity contribution in [3.63, 3.8) is 0 Å². The predicted molar refractivity (Wildman–Crippen MR) is 103 cm³/mol. The van der Waals surface area contributed by atoms with Crippen LogP contribution < -0.4 is 10.6 Å². The molecule has 4 rings (SSSR count). The van der Waals surface area contributed by atoms with Crippen LogP contribution in [0.5, 0.6) is 0 Å². The third kappa shape index (κ3) is 3.35. The third-order valence-corrected chi connectivity index (χ3v) is 5.36. The maximum absolute atomic E-state index is 10.5. The van der Waals surface area contributed by atoms with E-state index in [2.05, 4.69) is 26.7 Å². The lowest BCUT2D eigenvalue weighted by Crippen LogP contribution is -2.42. The van der Waals surface area contributed by atoms with Gasteiger partial charge in [0.05, 0.1) is 5.69 Å².